The lowest BCUT2D eigenvalue weighted by molar-refractivity contribution is 0.0760. The molecule has 1 aromatic carbocycles. The number of rotatable bonds is 4. The fourth-order valence-corrected chi connectivity index (χ4v) is 3.59. The van der Waals surface area contributed by atoms with Gasteiger partial charge >= 0.3 is 0 Å². The Kier molecular flexibility index (Phi) is 4.26. The number of carbonyl (C=O) groups is 1. The molecular formula is C21H21FN4O. The minimum atomic E-state index is -0.291. The minimum Gasteiger partial charge on any atom is -0.332 e. The summed E-state index contributed by atoms with van der Waals surface area (Å²) in [6.45, 7) is 5.43. The quantitative estimate of drug-likeness (QED) is 0.705. The van der Waals surface area contributed by atoms with Crippen molar-refractivity contribution in [1.29, 1.82) is 0 Å². The van der Waals surface area contributed by atoms with Crippen LogP contribution in [0.3, 0.4) is 0 Å². The molecule has 6 heteroatoms. The molecule has 0 spiro atoms. The zero-order valence-electron chi connectivity index (χ0n) is 15.6. The molecule has 0 N–H and O–H groups in total. The maximum absolute atomic E-state index is 13.3. The first kappa shape index (κ1) is 17.4. The van der Waals surface area contributed by atoms with E-state index in [1.165, 1.54) is 12.1 Å². The van der Waals surface area contributed by atoms with E-state index in [-0.39, 0.29) is 11.7 Å². The second kappa shape index (κ2) is 6.61. The summed E-state index contributed by atoms with van der Waals surface area (Å²) < 4.78 is 15.0. The van der Waals surface area contributed by atoms with Crippen LogP contribution in [0, 0.1) is 11.7 Å². The number of fused-ring (bicyclic) bond motifs is 1. The van der Waals surface area contributed by atoms with E-state index in [4.69, 9.17) is 0 Å². The smallest absolute Gasteiger partial charge is 0.256 e. The van der Waals surface area contributed by atoms with Gasteiger partial charge in [-0.15, -0.1) is 0 Å². The lowest BCUT2D eigenvalue weighted by Crippen LogP contribution is -2.28. The number of nitrogens with zero attached hydrogens (tertiary/aromatic N) is 4. The Morgan fingerprint density at radius 3 is 2.59 bits per heavy atom. The molecule has 0 radical (unpaired) electrons. The highest BCUT2D eigenvalue weighted by molar-refractivity contribution is 6.05. The van der Waals surface area contributed by atoms with Gasteiger partial charge in [-0.05, 0) is 36.2 Å². The van der Waals surface area contributed by atoms with Gasteiger partial charge in [-0.1, -0.05) is 13.8 Å². The van der Waals surface area contributed by atoms with E-state index >= 15 is 0 Å². The third-order valence-electron chi connectivity index (χ3n) is 4.69. The van der Waals surface area contributed by atoms with Crippen molar-refractivity contribution in [1.82, 2.24) is 19.7 Å². The van der Waals surface area contributed by atoms with Gasteiger partial charge in [-0.2, -0.15) is 5.10 Å². The van der Waals surface area contributed by atoms with Gasteiger partial charge in [0.05, 0.1) is 17.8 Å². The number of carbonyl (C=O) groups excluding carboxylic acids is 1. The zero-order valence-corrected chi connectivity index (χ0v) is 15.6. The molecule has 0 aliphatic carbocycles. The monoisotopic (exact) mass is 364 g/mol. The molecule has 138 valence electrons. The van der Waals surface area contributed by atoms with Crippen LogP contribution in [0.5, 0.6) is 0 Å². The number of hydrogen-bond donors (Lipinski definition) is 0. The topological polar surface area (TPSA) is 51.0 Å². The highest BCUT2D eigenvalue weighted by Crippen LogP contribution is 2.36. The van der Waals surface area contributed by atoms with E-state index in [1.54, 1.807) is 23.0 Å². The Morgan fingerprint density at radius 2 is 1.89 bits per heavy atom. The van der Waals surface area contributed by atoms with Crippen molar-refractivity contribution in [3.63, 3.8) is 0 Å². The molecule has 0 unspecified atom stereocenters. The normalized spacial score (nSPS) is 13.5. The fraction of sp³-hybridized carbons (Fsp3) is 0.286. The minimum absolute atomic E-state index is 0.00992. The van der Waals surface area contributed by atoms with E-state index in [9.17, 15) is 9.18 Å². The molecule has 0 saturated heterocycles. The summed E-state index contributed by atoms with van der Waals surface area (Å²) in [4.78, 5) is 19.3. The average Bonchev–Trinajstić information content (AvgIpc) is 3.16. The maximum Gasteiger partial charge on any atom is 0.256 e. The van der Waals surface area contributed by atoms with Crippen LogP contribution in [0.25, 0.3) is 22.4 Å². The summed E-state index contributed by atoms with van der Waals surface area (Å²) in [5, 5.41) is 4.55. The van der Waals surface area contributed by atoms with Gasteiger partial charge in [-0.3, -0.25) is 14.5 Å². The number of pyridine rings is 1. The molecule has 3 aromatic rings. The molecule has 27 heavy (non-hydrogen) atoms. The second-order valence-electron chi connectivity index (χ2n) is 7.33. The van der Waals surface area contributed by atoms with Gasteiger partial charge < -0.3 is 4.90 Å². The molecule has 0 bridgehead atoms. The number of hydrogen-bond acceptors (Lipinski definition) is 3. The molecular weight excluding hydrogens is 343 g/mol. The second-order valence-corrected chi connectivity index (χ2v) is 7.33. The van der Waals surface area contributed by atoms with Gasteiger partial charge in [-0.25, -0.2) is 4.39 Å². The van der Waals surface area contributed by atoms with Gasteiger partial charge in [0.2, 0.25) is 0 Å². The lowest BCUT2D eigenvalue weighted by atomic mass is 9.97. The molecule has 0 fully saturated rings. The van der Waals surface area contributed by atoms with E-state index in [0.29, 0.717) is 24.6 Å². The Bertz CT molecular complexity index is 1010. The Morgan fingerprint density at radius 1 is 1.15 bits per heavy atom. The first-order valence-electron chi connectivity index (χ1n) is 9.01. The molecule has 1 aliphatic heterocycles. The molecule has 0 saturated carbocycles. The number of aryl methyl sites for hydroxylation is 1. The zero-order chi connectivity index (χ0) is 19.1. The summed E-state index contributed by atoms with van der Waals surface area (Å²) in [5.74, 6) is 0.108. The number of aromatic nitrogens is 3. The Hall–Kier alpha value is -3.02. The molecule has 0 atom stereocenters. The van der Waals surface area contributed by atoms with Crippen molar-refractivity contribution >= 4 is 5.91 Å². The van der Waals surface area contributed by atoms with E-state index in [1.807, 2.05) is 24.2 Å². The number of amides is 1. The molecule has 4 rings (SSSR count). The number of benzene rings is 1. The summed E-state index contributed by atoms with van der Waals surface area (Å²) in [5.41, 5.74) is 4.65. The predicted octanol–water partition coefficient (Wildman–Crippen LogP) is 3.90. The van der Waals surface area contributed by atoms with E-state index < -0.39 is 0 Å². The molecule has 5 nitrogen and oxygen atoms in total. The summed E-state index contributed by atoms with van der Waals surface area (Å²) in [6, 6.07) is 8.10. The first-order valence-corrected chi connectivity index (χ1v) is 9.01. The largest absolute Gasteiger partial charge is 0.332 e. The summed E-state index contributed by atoms with van der Waals surface area (Å²) in [7, 11) is 1.84. The van der Waals surface area contributed by atoms with Crippen molar-refractivity contribution in [2.24, 2.45) is 13.0 Å². The van der Waals surface area contributed by atoms with Crippen molar-refractivity contribution in [2.75, 3.05) is 6.54 Å². The van der Waals surface area contributed by atoms with Crippen LogP contribution in [-0.4, -0.2) is 32.1 Å². The van der Waals surface area contributed by atoms with Crippen LogP contribution >= 0.6 is 0 Å². The van der Waals surface area contributed by atoms with Crippen LogP contribution in [-0.2, 0) is 13.6 Å². The third-order valence-corrected chi connectivity index (χ3v) is 4.69. The van der Waals surface area contributed by atoms with Crippen molar-refractivity contribution < 1.29 is 9.18 Å². The summed E-state index contributed by atoms with van der Waals surface area (Å²) >= 11 is 0. The summed E-state index contributed by atoms with van der Waals surface area (Å²) in [6.07, 6.45) is 3.63. The molecule has 2 aromatic heterocycles. The highest BCUT2D eigenvalue weighted by Gasteiger charge is 2.32. The van der Waals surface area contributed by atoms with Crippen LogP contribution in [0.2, 0.25) is 0 Å². The number of halogens is 1. The SMILES string of the molecule is CC(C)CN1Cc2nccc(-c3cn(C)nc3-c3ccc(F)cc3)c2C1=O. The van der Waals surface area contributed by atoms with Gasteiger partial charge in [0.25, 0.3) is 5.91 Å². The van der Waals surface area contributed by atoms with Gasteiger partial charge in [0, 0.05) is 42.7 Å². The third kappa shape index (κ3) is 3.12. The van der Waals surface area contributed by atoms with E-state index in [2.05, 4.69) is 23.9 Å². The fourth-order valence-electron chi connectivity index (χ4n) is 3.59. The maximum atomic E-state index is 13.3. The molecule has 1 amide bonds. The molecule has 1 aliphatic rings. The predicted molar refractivity (Wildman–Crippen MR) is 101 cm³/mol. The van der Waals surface area contributed by atoms with Crippen LogP contribution in [0.1, 0.15) is 29.9 Å². The van der Waals surface area contributed by atoms with Crippen molar-refractivity contribution in [3.05, 3.63) is 59.8 Å². The Balaban J connectivity index is 1.83. The Labute approximate surface area is 157 Å². The lowest BCUT2D eigenvalue weighted by Gasteiger charge is -2.17. The molecule has 3 heterocycles. The van der Waals surface area contributed by atoms with Crippen molar-refractivity contribution in [3.8, 4) is 22.4 Å². The van der Waals surface area contributed by atoms with Crippen LogP contribution in [0.4, 0.5) is 4.39 Å². The first-order chi connectivity index (χ1) is 12.9. The standard InChI is InChI=1S/C21H21FN4O/c1-13(2)10-26-12-18-19(21(26)27)16(8-9-23-18)17-11-25(3)24-20(17)14-4-6-15(22)7-5-14/h4-9,11,13H,10,12H2,1-3H3. The van der Waals surface area contributed by atoms with E-state index in [0.717, 1.165) is 28.1 Å². The van der Waals surface area contributed by atoms with Crippen molar-refractivity contribution in [2.45, 2.75) is 20.4 Å². The highest BCUT2D eigenvalue weighted by atomic mass is 19.1. The average molecular weight is 364 g/mol. The van der Waals surface area contributed by atoms with Gasteiger partial charge in [0.1, 0.15) is 11.5 Å². The van der Waals surface area contributed by atoms with Crippen LogP contribution in [0.15, 0.2) is 42.7 Å². The van der Waals surface area contributed by atoms with Gasteiger partial charge in [0.15, 0.2) is 0 Å². The van der Waals surface area contributed by atoms with Crippen LogP contribution < -0.4 is 0 Å².